The van der Waals surface area contributed by atoms with Crippen LogP contribution in [-0.4, -0.2) is 28.0 Å². The Hall–Kier alpha value is -3.32. The smallest absolute Gasteiger partial charge is 0.264 e. The van der Waals surface area contributed by atoms with Crippen molar-refractivity contribution in [3.05, 3.63) is 89.5 Å². The van der Waals surface area contributed by atoms with Gasteiger partial charge in [0.05, 0.1) is 23.7 Å². The Morgan fingerprint density at radius 1 is 1.03 bits per heavy atom. The molecule has 1 atom stereocenters. The molecule has 3 rings (SSSR count). The highest BCUT2D eigenvalue weighted by molar-refractivity contribution is 7.92. The van der Waals surface area contributed by atoms with E-state index < -0.39 is 15.9 Å². The zero-order valence-corrected chi connectivity index (χ0v) is 20.2. The lowest BCUT2D eigenvalue weighted by Gasteiger charge is -2.27. The summed E-state index contributed by atoms with van der Waals surface area (Å²) in [6.07, 6.45) is 0.936. The van der Waals surface area contributed by atoms with Crippen molar-refractivity contribution in [2.75, 3.05) is 18.0 Å². The minimum Gasteiger partial charge on any atom is -0.495 e. The summed E-state index contributed by atoms with van der Waals surface area (Å²) in [6.45, 7) is 5.44. The molecule has 0 heterocycles. The standard InChI is InChI=1S/C26H30N2O4S/c1-5-21-12-14-22(15-13-21)20(3)27-26(29)18-28(24-17-19(2)11-16-25(24)32-4)33(30,31)23-9-7-6-8-10-23/h6-17,20H,5,18H2,1-4H3,(H,27,29)/t20-/m0/s1. The summed E-state index contributed by atoms with van der Waals surface area (Å²) in [5, 5.41) is 2.92. The highest BCUT2D eigenvalue weighted by Crippen LogP contribution is 2.33. The van der Waals surface area contributed by atoms with E-state index >= 15 is 0 Å². The number of ether oxygens (including phenoxy) is 1. The molecule has 0 saturated carbocycles. The van der Waals surface area contributed by atoms with Crippen molar-refractivity contribution >= 4 is 21.6 Å². The van der Waals surface area contributed by atoms with Crippen LogP contribution in [0.1, 0.15) is 36.6 Å². The summed E-state index contributed by atoms with van der Waals surface area (Å²) in [5.74, 6) is -0.0405. The third-order valence-electron chi connectivity index (χ3n) is 5.49. The van der Waals surface area contributed by atoms with Gasteiger partial charge in [0.2, 0.25) is 5.91 Å². The Labute approximate surface area is 196 Å². The summed E-state index contributed by atoms with van der Waals surface area (Å²) < 4.78 is 33.7. The van der Waals surface area contributed by atoms with Gasteiger partial charge in [0, 0.05) is 0 Å². The third-order valence-corrected chi connectivity index (χ3v) is 7.26. The highest BCUT2D eigenvalue weighted by atomic mass is 32.2. The van der Waals surface area contributed by atoms with Crippen molar-refractivity contribution in [2.24, 2.45) is 0 Å². The van der Waals surface area contributed by atoms with Crippen LogP contribution in [0.15, 0.2) is 77.7 Å². The van der Waals surface area contributed by atoms with Gasteiger partial charge in [-0.1, -0.05) is 55.5 Å². The average Bonchev–Trinajstić information content (AvgIpc) is 2.83. The van der Waals surface area contributed by atoms with Crippen LogP contribution in [0.25, 0.3) is 0 Å². The molecule has 0 aliphatic rings. The van der Waals surface area contributed by atoms with Gasteiger partial charge >= 0.3 is 0 Å². The van der Waals surface area contributed by atoms with Crippen molar-refractivity contribution in [2.45, 2.75) is 38.1 Å². The molecule has 174 valence electrons. The van der Waals surface area contributed by atoms with E-state index in [4.69, 9.17) is 4.74 Å². The number of anilines is 1. The SMILES string of the molecule is CCc1ccc([C@H](C)NC(=O)CN(c2cc(C)ccc2OC)S(=O)(=O)c2ccccc2)cc1. The number of carbonyl (C=O) groups excluding carboxylic acids is 1. The number of hydrogen-bond donors (Lipinski definition) is 1. The Morgan fingerprint density at radius 3 is 2.30 bits per heavy atom. The molecule has 0 unspecified atom stereocenters. The minimum atomic E-state index is -4.02. The number of amides is 1. The third kappa shape index (κ3) is 5.73. The lowest BCUT2D eigenvalue weighted by Crippen LogP contribution is -2.41. The van der Waals surface area contributed by atoms with Gasteiger partial charge < -0.3 is 10.1 Å². The number of benzene rings is 3. The number of hydrogen-bond acceptors (Lipinski definition) is 4. The molecule has 1 amide bonds. The van der Waals surface area contributed by atoms with Crippen LogP contribution >= 0.6 is 0 Å². The van der Waals surface area contributed by atoms with Crippen LogP contribution < -0.4 is 14.4 Å². The number of carbonyl (C=O) groups is 1. The van der Waals surface area contributed by atoms with E-state index in [2.05, 4.69) is 12.2 Å². The molecule has 0 radical (unpaired) electrons. The monoisotopic (exact) mass is 466 g/mol. The maximum atomic E-state index is 13.6. The van der Waals surface area contributed by atoms with Gasteiger partial charge in [0.1, 0.15) is 12.3 Å². The molecule has 6 nitrogen and oxygen atoms in total. The number of rotatable bonds is 9. The van der Waals surface area contributed by atoms with Gasteiger partial charge in [0.25, 0.3) is 10.0 Å². The predicted octanol–water partition coefficient (Wildman–Crippen LogP) is 4.64. The largest absolute Gasteiger partial charge is 0.495 e. The van der Waals surface area contributed by atoms with E-state index in [1.54, 1.807) is 30.3 Å². The molecule has 0 aliphatic heterocycles. The Morgan fingerprint density at radius 2 is 1.70 bits per heavy atom. The first-order chi connectivity index (χ1) is 15.8. The first-order valence-electron chi connectivity index (χ1n) is 10.9. The quantitative estimate of drug-likeness (QED) is 0.499. The van der Waals surface area contributed by atoms with Gasteiger partial charge in [-0.2, -0.15) is 0 Å². The molecular weight excluding hydrogens is 436 g/mol. The Balaban J connectivity index is 1.93. The van der Waals surface area contributed by atoms with Gasteiger partial charge in [-0.05, 0) is 61.2 Å². The molecule has 1 N–H and O–H groups in total. The molecule has 0 fully saturated rings. The van der Waals surface area contributed by atoms with Gasteiger partial charge in [0.15, 0.2) is 0 Å². The van der Waals surface area contributed by atoms with Crippen LogP contribution in [-0.2, 0) is 21.2 Å². The summed E-state index contributed by atoms with van der Waals surface area (Å²) in [5.41, 5.74) is 3.33. The molecule has 3 aromatic rings. The van der Waals surface area contributed by atoms with E-state index in [0.717, 1.165) is 21.9 Å². The summed E-state index contributed by atoms with van der Waals surface area (Å²) in [4.78, 5) is 13.1. The number of aryl methyl sites for hydroxylation is 2. The van der Waals surface area contributed by atoms with Gasteiger partial charge in [-0.25, -0.2) is 8.42 Å². The number of methoxy groups -OCH3 is 1. The summed E-state index contributed by atoms with van der Waals surface area (Å²) in [6, 6.07) is 21.1. The minimum absolute atomic E-state index is 0.101. The molecule has 0 bridgehead atoms. The number of nitrogens with zero attached hydrogens (tertiary/aromatic N) is 1. The van der Waals surface area contributed by atoms with E-state index in [0.29, 0.717) is 11.4 Å². The van der Waals surface area contributed by atoms with Crippen molar-refractivity contribution in [3.63, 3.8) is 0 Å². The van der Waals surface area contributed by atoms with E-state index in [1.165, 1.54) is 24.8 Å². The zero-order valence-electron chi connectivity index (χ0n) is 19.4. The van der Waals surface area contributed by atoms with Crippen molar-refractivity contribution in [1.29, 1.82) is 0 Å². The fourth-order valence-electron chi connectivity index (χ4n) is 3.56. The van der Waals surface area contributed by atoms with E-state index in [9.17, 15) is 13.2 Å². The molecule has 7 heteroatoms. The fraction of sp³-hybridized carbons (Fsp3) is 0.269. The van der Waals surface area contributed by atoms with Crippen molar-refractivity contribution < 1.29 is 17.9 Å². The average molecular weight is 467 g/mol. The van der Waals surface area contributed by atoms with Crippen LogP contribution in [0.4, 0.5) is 5.69 Å². The van der Waals surface area contributed by atoms with Crippen molar-refractivity contribution in [3.8, 4) is 5.75 Å². The second-order valence-electron chi connectivity index (χ2n) is 7.88. The van der Waals surface area contributed by atoms with E-state index in [1.807, 2.05) is 44.2 Å². The number of sulfonamides is 1. The highest BCUT2D eigenvalue weighted by Gasteiger charge is 2.30. The molecule has 0 aliphatic carbocycles. The van der Waals surface area contributed by atoms with Crippen LogP contribution in [0.2, 0.25) is 0 Å². The number of nitrogens with one attached hydrogen (secondary N) is 1. The van der Waals surface area contributed by atoms with Crippen LogP contribution in [0.5, 0.6) is 5.75 Å². The van der Waals surface area contributed by atoms with Gasteiger partial charge in [-0.15, -0.1) is 0 Å². The lowest BCUT2D eigenvalue weighted by atomic mass is 10.1. The first kappa shape index (κ1) is 24.3. The molecule has 33 heavy (non-hydrogen) atoms. The predicted molar refractivity (Wildman–Crippen MR) is 131 cm³/mol. The first-order valence-corrected chi connectivity index (χ1v) is 12.3. The second kappa shape index (κ2) is 10.5. The topological polar surface area (TPSA) is 75.7 Å². The molecular formula is C26H30N2O4S. The van der Waals surface area contributed by atoms with Gasteiger partial charge in [-0.3, -0.25) is 9.10 Å². The fourth-order valence-corrected chi connectivity index (χ4v) is 5.00. The van der Waals surface area contributed by atoms with E-state index in [-0.39, 0.29) is 17.5 Å². The Bertz CT molecular complexity index is 1190. The maximum Gasteiger partial charge on any atom is 0.264 e. The zero-order chi connectivity index (χ0) is 24.0. The van der Waals surface area contributed by atoms with Crippen LogP contribution in [0.3, 0.4) is 0 Å². The normalized spacial score (nSPS) is 12.1. The lowest BCUT2D eigenvalue weighted by molar-refractivity contribution is -0.120. The molecule has 0 saturated heterocycles. The maximum absolute atomic E-state index is 13.6. The summed E-state index contributed by atoms with van der Waals surface area (Å²) >= 11 is 0. The summed E-state index contributed by atoms with van der Waals surface area (Å²) in [7, 11) is -2.54. The Kier molecular flexibility index (Phi) is 7.76. The second-order valence-corrected chi connectivity index (χ2v) is 9.75. The van der Waals surface area contributed by atoms with Crippen molar-refractivity contribution in [1.82, 2.24) is 5.32 Å². The molecule has 0 spiro atoms. The molecule has 0 aromatic heterocycles. The molecule has 3 aromatic carbocycles. The van der Waals surface area contributed by atoms with Crippen LogP contribution in [0, 0.1) is 6.92 Å².